The molecule has 7 nitrogen and oxygen atoms in total. The van der Waals surface area contributed by atoms with Crippen molar-refractivity contribution in [2.24, 2.45) is 0 Å². The zero-order chi connectivity index (χ0) is 24.7. The number of sulfonamides is 1. The minimum Gasteiger partial charge on any atom is -0.337 e. The predicted octanol–water partition coefficient (Wildman–Crippen LogP) is 4.44. The third-order valence-corrected chi connectivity index (χ3v) is 8.08. The van der Waals surface area contributed by atoms with Crippen LogP contribution in [0.15, 0.2) is 51.9 Å². The number of hydrogen-bond acceptors (Lipinski definition) is 6. The number of piperazine rings is 1. The number of rotatable bonds is 5. The highest BCUT2D eigenvalue weighted by molar-refractivity contribution is 7.89. The summed E-state index contributed by atoms with van der Waals surface area (Å²) in [7, 11) is -3.61. The average molecular weight is 495 g/mol. The Hall–Kier alpha value is -2.76. The van der Waals surface area contributed by atoms with Gasteiger partial charge in [-0.1, -0.05) is 35.0 Å². The molecule has 2 aromatic carbocycles. The Kier molecular flexibility index (Phi) is 6.54. The van der Waals surface area contributed by atoms with Crippen molar-refractivity contribution >= 4 is 10.0 Å². The second kappa shape index (κ2) is 9.12. The summed E-state index contributed by atoms with van der Waals surface area (Å²) in [4.78, 5) is 6.61. The summed E-state index contributed by atoms with van der Waals surface area (Å²) in [5.74, 6) is 0.335. The van der Waals surface area contributed by atoms with Gasteiger partial charge in [0.05, 0.1) is 16.5 Å². The molecule has 11 heteroatoms. The molecule has 0 saturated carbocycles. The maximum absolute atomic E-state index is 13.1. The molecule has 0 aliphatic carbocycles. The number of nitrogens with zero attached hydrogens (tertiary/aromatic N) is 4. The molecule has 0 bridgehead atoms. The van der Waals surface area contributed by atoms with E-state index in [4.69, 9.17) is 4.52 Å². The Bertz CT molecular complexity index is 1280. The lowest BCUT2D eigenvalue weighted by Crippen LogP contribution is -2.49. The van der Waals surface area contributed by atoms with Crippen LogP contribution in [0.2, 0.25) is 0 Å². The van der Waals surface area contributed by atoms with Gasteiger partial charge in [0.25, 0.3) is 0 Å². The molecular formula is C23H25F3N4O3S. The molecule has 1 saturated heterocycles. The number of alkyl halides is 3. The molecule has 0 amide bonds. The van der Waals surface area contributed by atoms with Crippen LogP contribution >= 0.6 is 0 Å². The van der Waals surface area contributed by atoms with Crippen molar-refractivity contribution in [3.63, 3.8) is 0 Å². The molecule has 1 aliphatic rings. The van der Waals surface area contributed by atoms with Crippen molar-refractivity contribution in [1.29, 1.82) is 0 Å². The van der Waals surface area contributed by atoms with E-state index in [-0.39, 0.29) is 23.3 Å². The summed E-state index contributed by atoms with van der Waals surface area (Å²) in [6, 6.07) is 9.71. The van der Waals surface area contributed by atoms with Crippen LogP contribution in [0.5, 0.6) is 0 Å². The van der Waals surface area contributed by atoms with Gasteiger partial charge in [-0.25, -0.2) is 8.42 Å². The van der Waals surface area contributed by atoms with E-state index in [1.165, 1.54) is 16.4 Å². The number of aromatic nitrogens is 2. The summed E-state index contributed by atoms with van der Waals surface area (Å²) < 4.78 is 72.0. The maximum atomic E-state index is 13.1. The third-order valence-electron chi connectivity index (χ3n) is 6.02. The first-order valence-electron chi connectivity index (χ1n) is 10.8. The van der Waals surface area contributed by atoms with Gasteiger partial charge in [0.2, 0.25) is 21.7 Å². The molecule has 34 heavy (non-hydrogen) atoms. The number of aryl methyl sites for hydroxylation is 2. The zero-order valence-electron chi connectivity index (χ0n) is 19.0. The van der Waals surface area contributed by atoms with Crippen molar-refractivity contribution in [3.8, 4) is 11.4 Å². The number of halogens is 3. The second-order valence-electron chi connectivity index (χ2n) is 8.42. The molecule has 2 heterocycles. The normalized spacial score (nSPS) is 17.1. The molecule has 182 valence electrons. The van der Waals surface area contributed by atoms with Gasteiger partial charge >= 0.3 is 6.18 Å². The van der Waals surface area contributed by atoms with Gasteiger partial charge in [0.1, 0.15) is 0 Å². The Morgan fingerprint density at radius 2 is 1.74 bits per heavy atom. The van der Waals surface area contributed by atoms with Crippen molar-refractivity contribution in [2.75, 3.05) is 26.2 Å². The SMILES string of the molecule is Cc1ccc(S(=O)(=O)N2CCN(C(C)c3nc(-c4cccc(C(F)(F)F)c4)no3)CC2)c(C)c1. The predicted molar refractivity (Wildman–Crippen MR) is 119 cm³/mol. The fourth-order valence-electron chi connectivity index (χ4n) is 4.07. The van der Waals surface area contributed by atoms with Crippen LogP contribution in [0.4, 0.5) is 13.2 Å². The quantitative estimate of drug-likeness (QED) is 0.522. The lowest BCUT2D eigenvalue weighted by Gasteiger charge is -2.36. The lowest BCUT2D eigenvalue weighted by molar-refractivity contribution is -0.137. The van der Waals surface area contributed by atoms with Gasteiger partial charge in [-0.3, -0.25) is 4.90 Å². The minimum atomic E-state index is -4.47. The van der Waals surface area contributed by atoms with E-state index in [9.17, 15) is 21.6 Å². The largest absolute Gasteiger partial charge is 0.416 e. The monoisotopic (exact) mass is 494 g/mol. The highest BCUT2D eigenvalue weighted by Gasteiger charge is 2.33. The molecule has 1 atom stereocenters. The van der Waals surface area contributed by atoms with Crippen LogP contribution in [-0.2, 0) is 16.2 Å². The topological polar surface area (TPSA) is 79.5 Å². The number of benzene rings is 2. The molecule has 0 radical (unpaired) electrons. The van der Waals surface area contributed by atoms with Crippen molar-refractivity contribution < 1.29 is 26.1 Å². The molecule has 0 spiro atoms. The van der Waals surface area contributed by atoms with Crippen LogP contribution in [-0.4, -0.2) is 53.9 Å². The molecule has 0 N–H and O–H groups in total. The minimum absolute atomic E-state index is 0.0732. The van der Waals surface area contributed by atoms with Crippen molar-refractivity contribution in [1.82, 2.24) is 19.3 Å². The maximum Gasteiger partial charge on any atom is 0.416 e. The first-order chi connectivity index (χ1) is 16.0. The highest BCUT2D eigenvalue weighted by Crippen LogP contribution is 2.32. The van der Waals surface area contributed by atoms with Gasteiger partial charge in [0, 0.05) is 31.7 Å². The second-order valence-corrected chi connectivity index (χ2v) is 10.3. The summed E-state index contributed by atoms with van der Waals surface area (Å²) in [5, 5.41) is 3.85. The Balaban J connectivity index is 1.44. The number of hydrogen-bond donors (Lipinski definition) is 0. The van der Waals surface area contributed by atoms with Crippen LogP contribution in [0.25, 0.3) is 11.4 Å². The van der Waals surface area contributed by atoms with Crippen LogP contribution in [0.1, 0.15) is 35.5 Å². The summed E-state index contributed by atoms with van der Waals surface area (Å²) in [6.45, 7) is 7.05. The fourth-order valence-corrected chi connectivity index (χ4v) is 5.70. The van der Waals surface area contributed by atoms with E-state index < -0.39 is 21.8 Å². The van der Waals surface area contributed by atoms with Crippen LogP contribution in [0.3, 0.4) is 0 Å². The van der Waals surface area contributed by atoms with E-state index in [1.54, 1.807) is 19.1 Å². The van der Waals surface area contributed by atoms with Gasteiger partial charge < -0.3 is 4.52 Å². The summed E-state index contributed by atoms with van der Waals surface area (Å²) in [6.07, 6.45) is -4.47. The van der Waals surface area contributed by atoms with E-state index in [0.717, 1.165) is 17.7 Å². The molecule has 1 aliphatic heterocycles. The third kappa shape index (κ3) is 4.86. The summed E-state index contributed by atoms with van der Waals surface area (Å²) in [5.41, 5.74) is 1.13. The van der Waals surface area contributed by atoms with Gasteiger partial charge in [-0.15, -0.1) is 0 Å². The molecule has 1 fully saturated rings. The summed E-state index contributed by atoms with van der Waals surface area (Å²) >= 11 is 0. The first-order valence-corrected chi connectivity index (χ1v) is 12.2. The zero-order valence-corrected chi connectivity index (χ0v) is 19.8. The van der Waals surface area contributed by atoms with Gasteiger partial charge in [0.15, 0.2) is 0 Å². The van der Waals surface area contributed by atoms with Gasteiger partial charge in [-0.05, 0) is 44.5 Å². The smallest absolute Gasteiger partial charge is 0.337 e. The highest BCUT2D eigenvalue weighted by atomic mass is 32.2. The Labute approximate surface area is 196 Å². The van der Waals surface area contributed by atoms with Crippen LogP contribution < -0.4 is 0 Å². The van der Waals surface area contributed by atoms with Crippen molar-refractivity contribution in [3.05, 3.63) is 65.0 Å². The molecular weight excluding hydrogens is 469 g/mol. The van der Waals surface area contributed by atoms with E-state index >= 15 is 0 Å². The van der Waals surface area contributed by atoms with E-state index in [1.807, 2.05) is 24.8 Å². The van der Waals surface area contributed by atoms with Crippen molar-refractivity contribution in [2.45, 2.75) is 37.9 Å². The average Bonchev–Trinajstić information content (AvgIpc) is 3.28. The molecule has 3 aromatic rings. The molecule has 4 rings (SSSR count). The molecule has 1 aromatic heterocycles. The molecule has 1 unspecified atom stereocenters. The standard InChI is InChI=1S/C23H25F3N4O3S/c1-15-7-8-20(16(2)13-15)34(31,32)30-11-9-29(10-12-30)17(3)22-27-21(28-33-22)18-5-4-6-19(14-18)23(24,25)26/h4-8,13-14,17H,9-12H2,1-3H3. The van der Waals surface area contributed by atoms with Crippen LogP contribution in [0, 0.1) is 13.8 Å². The Morgan fingerprint density at radius 3 is 2.38 bits per heavy atom. The van der Waals surface area contributed by atoms with Gasteiger partial charge in [-0.2, -0.15) is 22.5 Å². The Morgan fingerprint density at radius 1 is 1.03 bits per heavy atom. The first kappa shape index (κ1) is 24.4. The fraction of sp³-hybridized carbons (Fsp3) is 0.391. The van der Waals surface area contributed by atoms with E-state index in [2.05, 4.69) is 10.1 Å². The van der Waals surface area contributed by atoms with E-state index in [0.29, 0.717) is 36.6 Å². The lowest BCUT2D eigenvalue weighted by atomic mass is 10.1.